The average Bonchev–Trinajstić information content (AvgIpc) is 2.70. The predicted octanol–water partition coefficient (Wildman–Crippen LogP) is 4.20. The van der Waals surface area contributed by atoms with Gasteiger partial charge in [0.25, 0.3) is 0 Å². The normalized spacial score (nSPS) is 23.3. The lowest BCUT2D eigenvalue weighted by atomic mass is 9.80. The molecular weight excluding hydrogens is 372 g/mol. The van der Waals surface area contributed by atoms with Crippen LogP contribution in [0.15, 0.2) is 47.9 Å². The van der Waals surface area contributed by atoms with Gasteiger partial charge in [-0.15, -0.1) is 0 Å². The van der Waals surface area contributed by atoms with E-state index in [0.717, 1.165) is 6.42 Å². The Labute approximate surface area is 171 Å². The van der Waals surface area contributed by atoms with Gasteiger partial charge in [-0.2, -0.15) is 0 Å². The molecule has 6 nitrogen and oxygen atoms in total. The van der Waals surface area contributed by atoms with Gasteiger partial charge in [0.05, 0.1) is 30.8 Å². The van der Waals surface area contributed by atoms with Crippen molar-refractivity contribution in [2.45, 2.75) is 52.2 Å². The first-order valence-electron chi connectivity index (χ1n) is 10.1. The topological polar surface area (TPSA) is 71.1 Å². The molecule has 1 saturated carbocycles. The maximum absolute atomic E-state index is 12.8. The van der Waals surface area contributed by atoms with Gasteiger partial charge in [0.15, 0.2) is 0 Å². The molecule has 3 atom stereocenters. The molecule has 0 bridgehead atoms. The molecule has 0 aromatic heterocycles. The summed E-state index contributed by atoms with van der Waals surface area (Å²) >= 11 is 0. The summed E-state index contributed by atoms with van der Waals surface area (Å²) in [5, 5.41) is 0. The van der Waals surface area contributed by atoms with E-state index in [0.29, 0.717) is 37.4 Å². The Bertz CT molecular complexity index is 788. The molecule has 0 saturated heterocycles. The second-order valence-corrected chi connectivity index (χ2v) is 7.52. The fraction of sp³-hybridized carbons (Fsp3) is 0.478. The van der Waals surface area contributed by atoms with Crippen molar-refractivity contribution in [1.82, 2.24) is 0 Å². The largest absolute Gasteiger partial charge is 0.493 e. The molecule has 1 aromatic carbocycles. The fourth-order valence-electron chi connectivity index (χ4n) is 3.51. The van der Waals surface area contributed by atoms with E-state index in [9.17, 15) is 9.59 Å². The summed E-state index contributed by atoms with van der Waals surface area (Å²) in [5.74, 6) is 0.0230. The number of carbonyl (C=O) groups excluding carboxylic acids is 2. The smallest absolute Gasteiger partial charge is 0.338 e. The zero-order valence-corrected chi connectivity index (χ0v) is 17.2. The van der Waals surface area contributed by atoms with Crippen LogP contribution >= 0.6 is 0 Å². The number of ether oxygens (including phenoxy) is 4. The molecule has 0 radical (unpaired) electrons. The SMILES string of the molecule is CCOC(=O)c1ccc(OC2=COC3CC(OCC=C(C)C)CCC3C2=O)cc1. The van der Waals surface area contributed by atoms with Gasteiger partial charge in [-0.05, 0) is 57.9 Å². The van der Waals surface area contributed by atoms with E-state index in [1.807, 2.05) is 13.8 Å². The van der Waals surface area contributed by atoms with E-state index in [2.05, 4.69) is 6.08 Å². The van der Waals surface area contributed by atoms with Crippen LogP contribution in [0.2, 0.25) is 0 Å². The molecule has 3 unspecified atom stereocenters. The molecule has 0 spiro atoms. The molecule has 29 heavy (non-hydrogen) atoms. The van der Waals surface area contributed by atoms with Crippen molar-refractivity contribution in [3.8, 4) is 5.75 Å². The van der Waals surface area contributed by atoms with Crippen LogP contribution in [-0.4, -0.2) is 37.2 Å². The third kappa shape index (κ3) is 5.48. The van der Waals surface area contributed by atoms with E-state index < -0.39 is 0 Å². The van der Waals surface area contributed by atoms with Crippen molar-refractivity contribution in [1.29, 1.82) is 0 Å². The molecule has 156 valence electrons. The highest BCUT2D eigenvalue weighted by atomic mass is 16.5. The summed E-state index contributed by atoms with van der Waals surface area (Å²) in [7, 11) is 0. The number of fused-ring (bicyclic) bond motifs is 1. The summed E-state index contributed by atoms with van der Waals surface area (Å²) in [5.41, 5.74) is 1.66. The lowest BCUT2D eigenvalue weighted by molar-refractivity contribution is -0.133. The molecule has 2 aliphatic rings. The highest BCUT2D eigenvalue weighted by Crippen LogP contribution is 2.35. The second kappa shape index (κ2) is 9.74. The molecule has 1 aromatic rings. The second-order valence-electron chi connectivity index (χ2n) is 7.52. The van der Waals surface area contributed by atoms with Crippen LogP contribution in [0.4, 0.5) is 0 Å². The van der Waals surface area contributed by atoms with Crippen molar-refractivity contribution < 1.29 is 28.5 Å². The third-order valence-corrected chi connectivity index (χ3v) is 5.09. The van der Waals surface area contributed by atoms with Gasteiger partial charge in [0.1, 0.15) is 18.1 Å². The van der Waals surface area contributed by atoms with Crippen molar-refractivity contribution in [3.63, 3.8) is 0 Å². The molecule has 6 heteroatoms. The van der Waals surface area contributed by atoms with Crippen molar-refractivity contribution in [3.05, 3.63) is 53.5 Å². The van der Waals surface area contributed by atoms with Crippen molar-refractivity contribution in [2.24, 2.45) is 5.92 Å². The molecule has 1 heterocycles. The number of allylic oxidation sites excluding steroid dienone is 2. The van der Waals surface area contributed by atoms with E-state index in [1.54, 1.807) is 31.2 Å². The third-order valence-electron chi connectivity index (χ3n) is 5.09. The monoisotopic (exact) mass is 400 g/mol. The minimum Gasteiger partial charge on any atom is -0.493 e. The number of rotatable bonds is 7. The number of hydrogen-bond acceptors (Lipinski definition) is 6. The number of hydrogen-bond donors (Lipinski definition) is 0. The quantitative estimate of drug-likeness (QED) is 0.505. The maximum atomic E-state index is 12.8. The van der Waals surface area contributed by atoms with Gasteiger partial charge in [-0.3, -0.25) is 4.79 Å². The van der Waals surface area contributed by atoms with E-state index in [1.165, 1.54) is 11.8 Å². The Morgan fingerprint density at radius 3 is 2.66 bits per heavy atom. The zero-order valence-electron chi connectivity index (χ0n) is 17.2. The van der Waals surface area contributed by atoms with Gasteiger partial charge in [0.2, 0.25) is 11.5 Å². The van der Waals surface area contributed by atoms with E-state index in [-0.39, 0.29) is 35.6 Å². The first-order chi connectivity index (χ1) is 14.0. The van der Waals surface area contributed by atoms with Gasteiger partial charge >= 0.3 is 5.97 Å². The van der Waals surface area contributed by atoms with Crippen LogP contribution in [0.3, 0.4) is 0 Å². The highest BCUT2D eigenvalue weighted by molar-refractivity contribution is 5.96. The Morgan fingerprint density at radius 1 is 1.21 bits per heavy atom. The van der Waals surface area contributed by atoms with Crippen LogP contribution in [-0.2, 0) is 19.0 Å². The minimum atomic E-state index is -0.387. The molecular formula is C23H28O6. The Balaban J connectivity index is 1.58. The van der Waals surface area contributed by atoms with Gasteiger partial charge in [0, 0.05) is 6.42 Å². The summed E-state index contributed by atoms with van der Waals surface area (Å²) in [6.07, 6.45) is 5.63. The van der Waals surface area contributed by atoms with Crippen LogP contribution in [0.25, 0.3) is 0 Å². The summed E-state index contributed by atoms with van der Waals surface area (Å²) in [6, 6.07) is 6.50. The standard InChI is InChI=1S/C23H28O6/c1-4-26-23(25)16-5-7-17(8-6-16)29-21-14-28-20-13-18(27-12-11-15(2)3)9-10-19(20)22(21)24/h5-8,11,14,18-20H,4,9-10,12-13H2,1-3H3. The minimum absolute atomic E-state index is 0.0431. The molecule has 3 rings (SSSR count). The number of benzene rings is 1. The number of ketones is 1. The highest BCUT2D eigenvalue weighted by Gasteiger charge is 2.41. The summed E-state index contributed by atoms with van der Waals surface area (Å²) in [4.78, 5) is 24.6. The first kappa shape index (κ1) is 21.1. The molecule has 0 amide bonds. The summed E-state index contributed by atoms with van der Waals surface area (Å²) < 4.78 is 22.4. The fourth-order valence-corrected chi connectivity index (χ4v) is 3.51. The van der Waals surface area contributed by atoms with Crippen LogP contribution in [0.1, 0.15) is 50.4 Å². The first-order valence-corrected chi connectivity index (χ1v) is 10.1. The Hall–Kier alpha value is -2.60. The number of Topliss-reactive ketones (excluding diaryl/α,β-unsaturated/α-hetero) is 1. The predicted molar refractivity (Wildman–Crippen MR) is 108 cm³/mol. The van der Waals surface area contributed by atoms with Gasteiger partial charge in [-0.25, -0.2) is 4.79 Å². The Kier molecular flexibility index (Phi) is 7.09. The maximum Gasteiger partial charge on any atom is 0.338 e. The Morgan fingerprint density at radius 2 is 1.97 bits per heavy atom. The van der Waals surface area contributed by atoms with Crippen LogP contribution < -0.4 is 4.74 Å². The lowest BCUT2D eigenvalue weighted by Gasteiger charge is -2.37. The van der Waals surface area contributed by atoms with Crippen LogP contribution in [0, 0.1) is 5.92 Å². The number of esters is 1. The van der Waals surface area contributed by atoms with Crippen molar-refractivity contribution >= 4 is 11.8 Å². The zero-order chi connectivity index (χ0) is 20.8. The molecule has 1 aliphatic heterocycles. The van der Waals surface area contributed by atoms with Gasteiger partial charge in [-0.1, -0.05) is 11.6 Å². The van der Waals surface area contributed by atoms with Gasteiger partial charge < -0.3 is 18.9 Å². The lowest BCUT2D eigenvalue weighted by Crippen LogP contribution is -2.42. The number of carbonyl (C=O) groups is 2. The summed E-state index contributed by atoms with van der Waals surface area (Å²) in [6.45, 7) is 6.75. The average molecular weight is 400 g/mol. The van der Waals surface area contributed by atoms with E-state index in [4.69, 9.17) is 18.9 Å². The van der Waals surface area contributed by atoms with Crippen LogP contribution in [0.5, 0.6) is 5.75 Å². The van der Waals surface area contributed by atoms with E-state index >= 15 is 0 Å². The molecule has 1 fully saturated rings. The van der Waals surface area contributed by atoms with Crippen molar-refractivity contribution in [2.75, 3.05) is 13.2 Å². The molecule has 1 aliphatic carbocycles. The molecule has 0 N–H and O–H groups in total.